The van der Waals surface area contributed by atoms with E-state index in [9.17, 15) is 0 Å². The van der Waals surface area contributed by atoms with Gasteiger partial charge in [0, 0.05) is 28.6 Å². The Bertz CT molecular complexity index is 422. The van der Waals surface area contributed by atoms with Crippen LogP contribution in [-0.2, 0) is 6.42 Å². The molecule has 0 bridgehead atoms. The fourth-order valence-corrected chi connectivity index (χ4v) is 1.96. The minimum absolute atomic E-state index is 0.956. The molecule has 2 rings (SSSR count). The maximum atomic E-state index is 4.47. The highest BCUT2D eigenvalue weighted by atomic mass is 79.9. The Hall–Kier alpha value is -0.350. The molecule has 2 nitrogen and oxygen atoms in total. The van der Waals surface area contributed by atoms with E-state index in [0.717, 1.165) is 27.6 Å². The molecule has 0 N–H and O–H groups in total. The summed E-state index contributed by atoms with van der Waals surface area (Å²) in [7, 11) is 0. The van der Waals surface area contributed by atoms with Crippen LogP contribution in [-0.4, -0.2) is 14.7 Å². The highest BCUT2D eigenvalue weighted by Gasteiger charge is 2.00. The average Bonchev–Trinajstić information content (AvgIpc) is 2.46. The summed E-state index contributed by atoms with van der Waals surface area (Å²) in [5.41, 5.74) is 2.11. The lowest BCUT2D eigenvalue weighted by Gasteiger charge is -1.91. The number of hydrogen-bond acceptors (Lipinski definition) is 1. The highest BCUT2D eigenvalue weighted by molar-refractivity contribution is 9.10. The van der Waals surface area contributed by atoms with Crippen LogP contribution in [0.4, 0.5) is 0 Å². The van der Waals surface area contributed by atoms with Crippen molar-refractivity contribution in [1.29, 1.82) is 0 Å². The SMILES string of the molecule is BrCCc1cn2ccc(Br)cc2n1. The van der Waals surface area contributed by atoms with Gasteiger partial charge in [0.2, 0.25) is 0 Å². The molecule has 4 heteroatoms. The van der Waals surface area contributed by atoms with Crippen LogP contribution >= 0.6 is 31.9 Å². The molecule has 68 valence electrons. The van der Waals surface area contributed by atoms with E-state index >= 15 is 0 Å². The number of nitrogens with zero attached hydrogens (tertiary/aromatic N) is 2. The van der Waals surface area contributed by atoms with Crippen molar-refractivity contribution in [3.8, 4) is 0 Å². The standard InChI is InChI=1S/C9H8Br2N2/c10-3-1-8-6-13-4-2-7(11)5-9(13)12-8/h2,4-6H,1,3H2. The normalized spacial score (nSPS) is 10.9. The number of aromatic nitrogens is 2. The number of rotatable bonds is 2. The zero-order chi connectivity index (χ0) is 9.26. The zero-order valence-electron chi connectivity index (χ0n) is 6.87. The van der Waals surface area contributed by atoms with Gasteiger partial charge in [0.15, 0.2) is 0 Å². The third kappa shape index (κ3) is 1.94. The average molecular weight is 304 g/mol. The van der Waals surface area contributed by atoms with Crippen LogP contribution in [0.15, 0.2) is 29.0 Å². The third-order valence-corrected chi connectivity index (χ3v) is 2.71. The van der Waals surface area contributed by atoms with Crippen molar-refractivity contribution in [1.82, 2.24) is 9.38 Å². The monoisotopic (exact) mass is 302 g/mol. The Morgan fingerprint density at radius 3 is 3.08 bits per heavy atom. The van der Waals surface area contributed by atoms with E-state index in [-0.39, 0.29) is 0 Å². The number of alkyl halides is 1. The Morgan fingerprint density at radius 1 is 1.46 bits per heavy atom. The second-order valence-electron chi connectivity index (χ2n) is 2.78. The summed E-state index contributed by atoms with van der Waals surface area (Å²) in [6.07, 6.45) is 5.03. The largest absolute Gasteiger partial charge is 0.307 e. The van der Waals surface area contributed by atoms with Gasteiger partial charge in [-0.25, -0.2) is 4.98 Å². The molecule has 0 aliphatic heterocycles. The van der Waals surface area contributed by atoms with Crippen molar-refractivity contribution in [2.45, 2.75) is 6.42 Å². The second-order valence-corrected chi connectivity index (χ2v) is 4.49. The van der Waals surface area contributed by atoms with Gasteiger partial charge in [0.05, 0.1) is 5.69 Å². The van der Waals surface area contributed by atoms with E-state index in [0.29, 0.717) is 0 Å². The van der Waals surface area contributed by atoms with Gasteiger partial charge in [0.25, 0.3) is 0 Å². The minimum Gasteiger partial charge on any atom is -0.307 e. The molecule has 2 aromatic rings. The van der Waals surface area contributed by atoms with Gasteiger partial charge < -0.3 is 4.40 Å². The summed E-state index contributed by atoms with van der Waals surface area (Å²) >= 11 is 6.82. The van der Waals surface area contributed by atoms with Gasteiger partial charge in [-0.15, -0.1) is 0 Å². The van der Waals surface area contributed by atoms with Gasteiger partial charge in [-0.05, 0) is 12.1 Å². The molecule has 0 saturated heterocycles. The molecule has 0 amide bonds. The summed E-state index contributed by atoms with van der Waals surface area (Å²) in [5, 5.41) is 0.956. The van der Waals surface area contributed by atoms with Crippen LogP contribution in [0.5, 0.6) is 0 Å². The molecule has 0 aliphatic rings. The molecule has 0 fully saturated rings. The van der Waals surface area contributed by atoms with Gasteiger partial charge in [0.1, 0.15) is 5.65 Å². The second kappa shape index (κ2) is 3.80. The molecule has 0 aliphatic carbocycles. The molecule has 0 aromatic carbocycles. The maximum Gasteiger partial charge on any atom is 0.138 e. The third-order valence-electron chi connectivity index (χ3n) is 1.82. The molecule has 0 saturated carbocycles. The highest BCUT2D eigenvalue weighted by Crippen LogP contribution is 2.13. The molecular weight excluding hydrogens is 296 g/mol. The predicted octanol–water partition coefficient (Wildman–Crippen LogP) is 3.03. The summed E-state index contributed by atoms with van der Waals surface area (Å²) in [6.45, 7) is 0. The quantitative estimate of drug-likeness (QED) is 0.780. The van der Waals surface area contributed by atoms with Gasteiger partial charge in [-0.2, -0.15) is 0 Å². The molecule has 13 heavy (non-hydrogen) atoms. The van der Waals surface area contributed by atoms with Crippen LogP contribution < -0.4 is 0 Å². The summed E-state index contributed by atoms with van der Waals surface area (Å²) < 4.78 is 3.10. The first kappa shape index (κ1) is 9.21. The Kier molecular flexibility index (Phi) is 2.69. The number of aryl methyl sites for hydroxylation is 1. The topological polar surface area (TPSA) is 17.3 Å². The Balaban J connectivity index is 2.49. The van der Waals surface area contributed by atoms with Crippen LogP contribution in [0.25, 0.3) is 5.65 Å². The van der Waals surface area contributed by atoms with Crippen molar-refractivity contribution in [2.75, 3.05) is 5.33 Å². The lowest BCUT2D eigenvalue weighted by molar-refractivity contribution is 1.09. The van der Waals surface area contributed by atoms with E-state index in [1.54, 1.807) is 0 Å². The van der Waals surface area contributed by atoms with Crippen molar-refractivity contribution in [2.24, 2.45) is 0 Å². The molecule has 0 spiro atoms. The number of pyridine rings is 1. The van der Waals surface area contributed by atoms with Crippen LogP contribution in [0.2, 0.25) is 0 Å². The van der Waals surface area contributed by atoms with Crippen molar-refractivity contribution in [3.63, 3.8) is 0 Å². The van der Waals surface area contributed by atoms with Crippen molar-refractivity contribution < 1.29 is 0 Å². The summed E-state index contributed by atoms with van der Waals surface area (Å²) in [6, 6.07) is 4.02. The van der Waals surface area contributed by atoms with Crippen molar-refractivity contribution in [3.05, 3.63) is 34.7 Å². The lowest BCUT2D eigenvalue weighted by atomic mass is 10.4. The van der Waals surface area contributed by atoms with Gasteiger partial charge in [-0.1, -0.05) is 31.9 Å². The first-order chi connectivity index (χ1) is 6.29. The van der Waals surface area contributed by atoms with Gasteiger partial charge >= 0.3 is 0 Å². The first-order valence-corrected chi connectivity index (χ1v) is 5.90. The fraction of sp³-hybridized carbons (Fsp3) is 0.222. The Labute approximate surface area is 93.2 Å². The van der Waals surface area contributed by atoms with E-state index < -0.39 is 0 Å². The number of halogens is 2. The van der Waals surface area contributed by atoms with Gasteiger partial charge in [-0.3, -0.25) is 0 Å². The van der Waals surface area contributed by atoms with Crippen LogP contribution in [0, 0.1) is 0 Å². The zero-order valence-corrected chi connectivity index (χ0v) is 10.0. The molecule has 0 radical (unpaired) electrons. The minimum atomic E-state index is 0.956. The molecule has 0 unspecified atom stereocenters. The van der Waals surface area contributed by atoms with Crippen LogP contribution in [0.3, 0.4) is 0 Å². The molecular formula is C9H8Br2N2. The van der Waals surface area contributed by atoms with E-state index in [4.69, 9.17) is 0 Å². The molecule has 2 aromatic heterocycles. The maximum absolute atomic E-state index is 4.47. The van der Waals surface area contributed by atoms with E-state index in [1.807, 2.05) is 22.7 Å². The first-order valence-electron chi connectivity index (χ1n) is 3.99. The number of hydrogen-bond donors (Lipinski definition) is 0. The van der Waals surface area contributed by atoms with E-state index in [1.165, 1.54) is 0 Å². The number of fused-ring (bicyclic) bond motifs is 1. The van der Waals surface area contributed by atoms with E-state index in [2.05, 4.69) is 43.0 Å². The molecule has 0 atom stereocenters. The summed E-state index contributed by atoms with van der Waals surface area (Å²) in [4.78, 5) is 4.47. The fourth-order valence-electron chi connectivity index (χ4n) is 1.23. The smallest absolute Gasteiger partial charge is 0.138 e. The Morgan fingerprint density at radius 2 is 2.31 bits per heavy atom. The van der Waals surface area contributed by atoms with Crippen LogP contribution in [0.1, 0.15) is 5.69 Å². The summed E-state index contributed by atoms with van der Waals surface area (Å²) in [5.74, 6) is 0. The predicted molar refractivity (Wildman–Crippen MR) is 60.4 cm³/mol. The number of imidazole rings is 1. The molecule has 2 heterocycles. The van der Waals surface area contributed by atoms with Crippen molar-refractivity contribution >= 4 is 37.5 Å². The lowest BCUT2D eigenvalue weighted by Crippen LogP contribution is -1.83.